The summed E-state index contributed by atoms with van der Waals surface area (Å²) in [6.07, 6.45) is 82.7. The Kier molecular flexibility index (Phi) is 60.1. The van der Waals surface area contributed by atoms with Gasteiger partial charge in [0.1, 0.15) is 19.3 Å². The molecule has 482 valence electrons. The lowest BCUT2D eigenvalue weighted by atomic mass is 10.0. The molecular formula is C73H133N2O7P. The second kappa shape index (κ2) is 62.2. The zero-order chi connectivity index (χ0) is 60.7. The van der Waals surface area contributed by atoms with E-state index in [1.807, 2.05) is 33.3 Å². The maximum atomic E-state index is 13.6. The Bertz CT molecular complexity index is 1700. The van der Waals surface area contributed by atoms with Gasteiger partial charge in [-0.2, -0.15) is 0 Å². The molecule has 0 heterocycles. The minimum absolute atomic E-state index is 0.0283. The fraction of sp³-hybridized carbons (Fsp3) is 0.781. The summed E-state index contributed by atoms with van der Waals surface area (Å²) in [5.41, 5.74) is 0. The van der Waals surface area contributed by atoms with Crippen LogP contribution < -0.4 is 10.2 Å². The molecule has 83 heavy (non-hydrogen) atoms. The van der Waals surface area contributed by atoms with Gasteiger partial charge in [0.2, 0.25) is 5.91 Å². The lowest BCUT2D eigenvalue weighted by Crippen LogP contribution is -2.47. The van der Waals surface area contributed by atoms with E-state index < -0.39 is 26.6 Å². The van der Waals surface area contributed by atoms with Crippen LogP contribution in [0.5, 0.6) is 0 Å². The molecular weight excluding hydrogens is 1050 g/mol. The van der Waals surface area contributed by atoms with E-state index in [-0.39, 0.29) is 24.9 Å². The highest BCUT2D eigenvalue weighted by atomic mass is 31.2. The summed E-state index contributed by atoms with van der Waals surface area (Å²) in [6.45, 7) is 6.75. The highest BCUT2D eigenvalue weighted by molar-refractivity contribution is 7.45. The van der Waals surface area contributed by atoms with Crippen LogP contribution in [-0.2, 0) is 27.9 Å². The maximum absolute atomic E-state index is 13.6. The zero-order valence-corrected chi connectivity index (χ0v) is 56.0. The average molecular weight is 1180 g/mol. The first kappa shape index (κ1) is 80.2. The Balaban J connectivity index is 5.20. The van der Waals surface area contributed by atoms with E-state index in [1.54, 1.807) is 0 Å². The Hall–Kier alpha value is -2.81. The number of amides is 1. The van der Waals surface area contributed by atoms with Crippen molar-refractivity contribution in [1.82, 2.24) is 5.32 Å². The van der Waals surface area contributed by atoms with Gasteiger partial charge in [-0.1, -0.05) is 305 Å². The SMILES string of the molecule is CC/C=C\C/C=C\C/C=C\C/C=C\C/C=C\C/C=C\CCCCCCC(=O)OC(/C=C/CCCCCCCCCCCCC)C(COP(=O)([O-])OCC[N+](C)(C)C)NC(=O)CCCCCCCCCCCCCCCCCCCCCCC. The van der Waals surface area contributed by atoms with Crippen LogP contribution in [0.4, 0.5) is 0 Å². The molecule has 0 radical (unpaired) electrons. The number of phosphoric acid groups is 1. The number of hydrogen-bond donors (Lipinski definition) is 1. The molecule has 0 spiro atoms. The molecule has 0 aromatic carbocycles. The van der Waals surface area contributed by atoms with Gasteiger partial charge in [-0.3, -0.25) is 14.2 Å². The number of carbonyl (C=O) groups is 2. The number of hydrogen-bond acceptors (Lipinski definition) is 7. The number of phosphoric ester groups is 1. The van der Waals surface area contributed by atoms with Gasteiger partial charge in [0.25, 0.3) is 7.82 Å². The molecule has 0 aromatic rings. The van der Waals surface area contributed by atoms with Gasteiger partial charge in [0, 0.05) is 12.8 Å². The first-order chi connectivity index (χ1) is 40.4. The molecule has 3 unspecified atom stereocenters. The second-order valence-corrected chi connectivity index (χ2v) is 26.1. The molecule has 1 N–H and O–H groups in total. The van der Waals surface area contributed by atoms with E-state index in [2.05, 4.69) is 99.0 Å². The molecule has 1 amide bonds. The van der Waals surface area contributed by atoms with Gasteiger partial charge in [-0.15, -0.1) is 0 Å². The zero-order valence-electron chi connectivity index (χ0n) is 55.1. The van der Waals surface area contributed by atoms with Crippen molar-refractivity contribution in [2.75, 3.05) is 40.9 Å². The molecule has 3 atom stereocenters. The van der Waals surface area contributed by atoms with Crippen molar-refractivity contribution in [3.05, 3.63) is 85.1 Å². The summed E-state index contributed by atoms with van der Waals surface area (Å²) in [6, 6.07) is -0.902. The molecule has 9 nitrogen and oxygen atoms in total. The highest BCUT2D eigenvalue weighted by Crippen LogP contribution is 2.38. The number of ether oxygens (including phenoxy) is 1. The van der Waals surface area contributed by atoms with Crippen molar-refractivity contribution < 1.29 is 37.3 Å². The minimum atomic E-state index is -4.71. The molecule has 0 aliphatic rings. The number of likely N-dealkylation sites (N-methyl/N-ethyl adjacent to an activating group) is 1. The molecule has 0 fully saturated rings. The summed E-state index contributed by atoms with van der Waals surface area (Å²) in [7, 11) is 1.17. The Morgan fingerprint density at radius 1 is 0.434 bits per heavy atom. The van der Waals surface area contributed by atoms with Crippen LogP contribution in [0.25, 0.3) is 0 Å². The molecule has 0 saturated carbocycles. The summed E-state index contributed by atoms with van der Waals surface area (Å²) in [5.74, 6) is -0.561. The predicted octanol–water partition coefficient (Wildman–Crippen LogP) is 21.5. The molecule has 0 saturated heterocycles. The van der Waals surface area contributed by atoms with E-state index in [4.69, 9.17) is 13.8 Å². The fourth-order valence-corrected chi connectivity index (χ4v) is 10.7. The van der Waals surface area contributed by atoms with Crippen LogP contribution in [0.3, 0.4) is 0 Å². The second-order valence-electron chi connectivity index (χ2n) is 24.7. The van der Waals surface area contributed by atoms with Crippen molar-refractivity contribution in [2.24, 2.45) is 0 Å². The Morgan fingerprint density at radius 3 is 1.16 bits per heavy atom. The number of nitrogens with zero attached hydrogens (tertiary/aromatic N) is 1. The van der Waals surface area contributed by atoms with Crippen molar-refractivity contribution in [2.45, 2.75) is 328 Å². The predicted molar refractivity (Wildman–Crippen MR) is 358 cm³/mol. The van der Waals surface area contributed by atoms with Gasteiger partial charge in [-0.05, 0) is 83.1 Å². The van der Waals surface area contributed by atoms with E-state index >= 15 is 0 Å². The smallest absolute Gasteiger partial charge is 0.306 e. The maximum Gasteiger partial charge on any atom is 0.306 e. The highest BCUT2D eigenvalue weighted by Gasteiger charge is 2.27. The van der Waals surface area contributed by atoms with Crippen LogP contribution in [0.2, 0.25) is 0 Å². The standard InChI is InChI=1S/C73H133N2O7P/c1-7-10-13-16-19-22-25-28-30-32-34-36-37-39-41-43-45-48-51-54-57-60-63-66-73(77)82-71(64-61-58-55-52-49-46-27-24-21-18-15-12-9-3)70(69-81-83(78,79)80-68-67-75(4,5)6)74-72(76)65-62-59-56-53-50-47-44-42-40-38-35-33-31-29-26-23-20-17-14-11-8-2/h10,13,19,22,28,30,34,36,39,41,45,48,61,64,70-71H,7-9,11-12,14-18,20-21,23-27,29,31-33,35,37-38,40,42-44,46-47,49-60,62-63,65-69H2,1-6H3,(H-,74,76,78,79)/b13-10-,22-19-,30-28-,36-34-,41-39-,48-45-,64-61+. The number of carbonyl (C=O) groups excluding carboxylic acids is 2. The van der Waals surface area contributed by atoms with Crippen LogP contribution in [0.15, 0.2) is 85.1 Å². The summed E-state index contributed by atoms with van der Waals surface area (Å²) in [5, 5.41) is 3.04. The Morgan fingerprint density at radius 2 is 0.771 bits per heavy atom. The number of esters is 1. The lowest BCUT2D eigenvalue weighted by molar-refractivity contribution is -0.870. The van der Waals surface area contributed by atoms with Gasteiger partial charge >= 0.3 is 5.97 Å². The van der Waals surface area contributed by atoms with E-state index in [9.17, 15) is 19.0 Å². The molecule has 0 aliphatic heterocycles. The van der Waals surface area contributed by atoms with Crippen LogP contribution in [0, 0.1) is 0 Å². The molecule has 0 bridgehead atoms. The fourth-order valence-electron chi connectivity index (χ4n) is 10.00. The number of rotatable bonds is 63. The summed E-state index contributed by atoms with van der Waals surface area (Å²) < 4.78 is 30.4. The first-order valence-electron chi connectivity index (χ1n) is 34.9. The largest absolute Gasteiger partial charge is 0.756 e. The number of nitrogens with one attached hydrogen (secondary N) is 1. The third kappa shape index (κ3) is 63.5. The van der Waals surface area contributed by atoms with Gasteiger partial charge < -0.3 is 28.5 Å². The van der Waals surface area contributed by atoms with Gasteiger partial charge in [-0.25, -0.2) is 0 Å². The van der Waals surface area contributed by atoms with Crippen molar-refractivity contribution in [1.29, 1.82) is 0 Å². The quantitative estimate of drug-likeness (QED) is 0.0212. The van der Waals surface area contributed by atoms with Crippen molar-refractivity contribution in [3.8, 4) is 0 Å². The van der Waals surface area contributed by atoms with Crippen molar-refractivity contribution >= 4 is 19.7 Å². The molecule has 0 aliphatic carbocycles. The van der Waals surface area contributed by atoms with Crippen LogP contribution in [0.1, 0.15) is 316 Å². The molecule has 0 aromatic heterocycles. The first-order valence-corrected chi connectivity index (χ1v) is 36.4. The Labute approximate surface area is 514 Å². The van der Waals surface area contributed by atoms with E-state index in [0.29, 0.717) is 23.9 Å². The van der Waals surface area contributed by atoms with Crippen molar-refractivity contribution in [3.63, 3.8) is 0 Å². The topological polar surface area (TPSA) is 114 Å². The third-order valence-electron chi connectivity index (χ3n) is 15.3. The third-order valence-corrected chi connectivity index (χ3v) is 16.3. The summed E-state index contributed by atoms with van der Waals surface area (Å²) >= 11 is 0. The van der Waals surface area contributed by atoms with Gasteiger partial charge in [0.05, 0.1) is 33.8 Å². The molecule has 0 rings (SSSR count). The van der Waals surface area contributed by atoms with Crippen LogP contribution >= 0.6 is 7.82 Å². The summed E-state index contributed by atoms with van der Waals surface area (Å²) in [4.78, 5) is 40.2. The number of allylic oxidation sites excluding steroid dienone is 13. The normalized spacial score (nSPS) is 14.1. The monoisotopic (exact) mass is 1180 g/mol. The molecule has 10 heteroatoms. The van der Waals surface area contributed by atoms with Crippen LogP contribution in [-0.4, -0.2) is 69.4 Å². The lowest BCUT2D eigenvalue weighted by Gasteiger charge is -2.30. The number of quaternary nitrogens is 1. The van der Waals surface area contributed by atoms with Gasteiger partial charge in [0.15, 0.2) is 0 Å². The van der Waals surface area contributed by atoms with E-state index in [0.717, 1.165) is 103 Å². The van der Waals surface area contributed by atoms with E-state index in [1.165, 1.54) is 173 Å². The number of unbranched alkanes of at least 4 members (excludes halogenated alkanes) is 35. The minimum Gasteiger partial charge on any atom is -0.756 e. The average Bonchev–Trinajstić information content (AvgIpc) is 3.47.